The number of aromatic carboxylic acids is 1. The van der Waals surface area contributed by atoms with Crippen molar-refractivity contribution in [2.45, 2.75) is 6.54 Å². The molecule has 0 spiro atoms. The molecule has 2 N–H and O–H groups in total. The highest BCUT2D eigenvalue weighted by Crippen LogP contribution is 2.31. The fourth-order valence-corrected chi connectivity index (χ4v) is 4.01. The van der Waals surface area contributed by atoms with Gasteiger partial charge in [-0.2, -0.15) is 5.10 Å². The number of halogens is 1. The molecular weight excluding hydrogens is 468 g/mol. The van der Waals surface area contributed by atoms with Gasteiger partial charge < -0.3 is 15.2 Å². The van der Waals surface area contributed by atoms with Crippen LogP contribution in [0.1, 0.15) is 15.9 Å². The third-order valence-corrected chi connectivity index (χ3v) is 5.80. The van der Waals surface area contributed by atoms with Crippen molar-refractivity contribution in [1.29, 1.82) is 0 Å². The van der Waals surface area contributed by atoms with Crippen LogP contribution in [0.3, 0.4) is 0 Å². The number of fused-ring (bicyclic) bond motifs is 1. The average Bonchev–Trinajstić information content (AvgIpc) is 3.24. The highest BCUT2D eigenvalue weighted by Gasteiger charge is 2.20. The van der Waals surface area contributed by atoms with Gasteiger partial charge in [-0.15, -0.1) is 0 Å². The molecule has 0 radical (unpaired) electrons. The van der Waals surface area contributed by atoms with Crippen LogP contribution in [0.15, 0.2) is 73.2 Å². The minimum Gasteiger partial charge on any atom is -0.491 e. The summed E-state index contributed by atoms with van der Waals surface area (Å²) in [6.45, 7) is 0.167. The van der Waals surface area contributed by atoms with E-state index in [4.69, 9.17) is 21.4 Å². The first kappa shape index (κ1) is 22.3. The van der Waals surface area contributed by atoms with Gasteiger partial charge >= 0.3 is 5.97 Å². The smallest absolute Gasteiger partial charge is 0.336 e. The predicted octanol–water partition coefficient (Wildman–Crippen LogP) is 5.04. The maximum absolute atomic E-state index is 11.8. The number of benzene rings is 2. The highest BCUT2D eigenvalue weighted by atomic mass is 35.5. The SMILES string of the molecule is COc1cnc(-c2nn(Cc3c(Cl)cccc3C(=O)O)c3ccccc23)nc1Nc1ccncc1. The van der Waals surface area contributed by atoms with Gasteiger partial charge in [0.05, 0.1) is 30.9 Å². The van der Waals surface area contributed by atoms with E-state index < -0.39 is 5.97 Å². The zero-order valence-corrected chi connectivity index (χ0v) is 19.3. The summed E-state index contributed by atoms with van der Waals surface area (Å²) < 4.78 is 7.14. The number of nitrogens with zero attached hydrogens (tertiary/aromatic N) is 5. The zero-order valence-electron chi connectivity index (χ0n) is 18.5. The van der Waals surface area contributed by atoms with Gasteiger partial charge in [0.15, 0.2) is 17.4 Å². The molecule has 5 rings (SSSR count). The van der Waals surface area contributed by atoms with E-state index in [1.165, 1.54) is 6.07 Å². The summed E-state index contributed by atoms with van der Waals surface area (Å²) in [5, 5.41) is 18.8. The van der Waals surface area contributed by atoms with Gasteiger partial charge in [-0.05, 0) is 30.3 Å². The van der Waals surface area contributed by atoms with Crippen LogP contribution in [-0.2, 0) is 6.54 Å². The van der Waals surface area contributed by atoms with E-state index >= 15 is 0 Å². The van der Waals surface area contributed by atoms with Gasteiger partial charge in [0.25, 0.3) is 0 Å². The van der Waals surface area contributed by atoms with Crippen molar-refractivity contribution in [2.75, 3.05) is 12.4 Å². The summed E-state index contributed by atoms with van der Waals surface area (Å²) >= 11 is 6.37. The quantitative estimate of drug-likeness (QED) is 0.329. The number of carboxylic acid groups (broad SMARTS) is 1. The number of rotatable bonds is 7. The molecule has 0 aliphatic carbocycles. The third-order valence-electron chi connectivity index (χ3n) is 5.45. The van der Waals surface area contributed by atoms with Crippen LogP contribution >= 0.6 is 11.6 Å². The van der Waals surface area contributed by atoms with E-state index in [1.807, 2.05) is 36.4 Å². The molecule has 3 heterocycles. The molecule has 0 aliphatic heterocycles. The van der Waals surface area contributed by atoms with Crippen molar-refractivity contribution in [3.8, 4) is 17.3 Å². The van der Waals surface area contributed by atoms with E-state index in [2.05, 4.69) is 20.3 Å². The Morgan fingerprint density at radius 2 is 1.91 bits per heavy atom. The number of nitrogens with one attached hydrogen (secondary N) is 1. The van der Waals surface area contributed by atoms with Crippen molar-refractivity contribution in [2.24, 2.45) is 0 Å². The zero-order chi connectivity index (χ0) is 24.4. The number of para-hydroxylation sites is 1. The van der Waals surface area contributed by atoms with E-state index in [1.54, 1.807) is 42.5 Å². The lowest BCUT2D eigenvalue weighted by molar-refractivity contribution is 0.0695. The average molecular weight is 487 g/mol. The van der Waals surface area contributed by atoms with Gasteiger partial charge in [0.1, 0.15) is 5.69 Å². The molecule has 5 aromatic rings. The van der Waals surface area contributed by atoms with Crippen molar-refractivity contribution in [3.63, 3.8) is 0 Å². The molecule has 0 amide bonds. The first-order valence-corrected chi connectivity index (χ1v) is 11.0. The number of hydrogen-bond acceptors (Lipinski definition) is 7. The minimum absolute atomic E-state index is 0.128. The van der Waals surface area contributed by atoms with E-state index in [9.17, 15) is 9.90 Å². The monoisotopic (exact) mass is 486 g/mol. The Morgan fingerprint density at radius 1 is 1.11 bits per heavy atom. The van der Waals surface area contributed by atoms with Gasteiger partial charge in [0.2, 0.25) is 0 Å². The molecule has 10 heteroatoms. The Morgan fingerprint density at radius 3 is 2.69 bits per heavy atom. The molecule has 3 aromatic heterocycles. The lowest BCUT2D eigenvalue weighted by Crippen LogP contribution is -2.09. The second-order valence-corrected chi connectivity index (χ2v) is 7.97. The van der Waals surface area contributed by atoms with Crippen LogP contribution in [0.4, 0.5) is 11.5 Å². The molecular formula is C25H19ClN6O3. The van der Waals surface area contributed by atoms with Gasteiger partial charge in [-0.3, -0.25) is 9.67 Å². The Kier molecular flexibility index (Phi) is 5.99. The highest BCUT2D eigenvalue weighted by molar-refractivity contribution is 6.31. The van der Waals surface area contributed by atoms with Gasteiger partial charge in [-0.1, -0.05) is 35.9 Å². The Hall–Kier alpha value is -4.50. The topological polar surface area (TPSA) is 115 Å². The van der Waals surface area contributed by atoms with Crippen molar-refractivity contribution < 1.29 is 14.6 Å². The van der Waals surface area contributed by atoms with Gasteiger partial charge in [0, 0.05) is 34.1 Å². The molecule has 0 aliphatic rings. The number of pyridine rings is 1. The molecule has 0 saturated heterocycles. The van der Waals surface area contributed by atoms with Crippen LogP contribution in [-0.4, -0.2) is 42.9 Å². The molecule has 9 nitrogen and oxygen atoms in total. The molecule has 35 heavy (non-hydrogen) atoms. The van der Waals surface area contributed by atoms with Crippen LogP contribution in [0.2, 0.25) is 5.02 Å². The third kappa shape index (κ3) is 4.36. The lowest BCUT2D eigenvalue weighted by atomic mass is 10.1. The molecule has 0 atom stereocenters. The van der Waals surface area contributed by atoms with Crippen molar-refractivity contribution in [3.05, 3.63) is 89.3 Å². The Balaban J connectivity index is 1.61. The van der Waals surface area contributed by atoms with Crippen LogP contribution < -0.4 is 10.1 Å². The van der Waals surface area contributed by atoms with Crippen LogP contribution in [0, 0.1) is 0 Å². The summed E-state index contributed by atoms with van der Waals surface area (Å²) in [4.78, 5) is 24.9. The minimum atomic E-state index is -1.05. The summed E-state index contributed by atoms with van der Waals surface area (Å²) in [5.41, 5.74) is 2.73. The summed E-state index contributed by atoms with van der Waals surface area (Å²) in [7, 11) is 1.55. The molecule has 2 aromatic carbocycles. The number of ether oxygens (including phenoxy) is 1. The summed E-state index contributed by atoms with van der Waals surface area (Å²) in [6.07, 6.45) is 4.93. The Bertz CT molecular complexity index is 1540. The van der Waals surface area contributed by atoms with Crippen LogP contribution in [0.25, 0.3) is 22.4 Å². The number of aromatic nitrogens is 5. The van der Waals surface area contributed by atoms with Gasteiger partial charge in [-0.25, -0.2) is 14.8 Å². The molecule has 174 valence electrons. The second-order valence-electron chi connectivity index (χ2n) is 7.57. The summed E-state index contributed by atoms with van der Waals surface area (Å²) in [5.74, 6) is 0.275. The number of methoxy groups -OCH3 is 1. The largest absolute Gasteiger partial charge is 0.491 e. The maximum atomic E-state index is 11.8. The van der Waals surface area contributed by atoms with Crippen LogP contribution in [0.5, 0.6) is 5.75 Å². The predicted molar refractivity (Wildman–Crippen MR) is 132 cm³/mol. The second kappa shape index (κ2) is 9.40. The molecule has 0 fully saturated rings. The first-order valence-electron chi connectivity index (χ1n) is 10.6. The molecule has 0 saturated carbocycles. The lowest BCUT2D eigenvalue weighted by Gasteiger charge is -2.11. The summed E-state index contributed by atoms with van der Waals surface area (Å²) in [6, 6.07) is 16.1. The number of carboxylic acids is 1. The molecule has 0 unspecified atom stereocenters. The van der Waals surface area contributed by atoms with E-state index in [-0.39, 0.29) is 12.1 Å². The fraction of sp³-hybridized carbons (Fsp3) is 0.0800. The normalized spacial score (nSPS) is 10.9. The van der Waals surface area contributed by atoms with Crippen molar-refractivity contribution >= 4 is 40.0 Å². The Labute approximate surface area is 205 Å². The van der Waals surface area contributed by atoms with E-state index in [0.717, 1.165) is 16.6 Å². The number of hydrogen-bond donors (Lipinski definition) is 2. The fourth-order valence-electron chi connectivity index (χ4n) is 3.78. The first-order chi connectivity index (χ1) is 17.0. The molecule has 0 bridgehead atoms. The maximum Gasteiger partial charge on any atom is 0.336 e. The van der Waals surface area contributed by atoms with E-state index in [0.29, 0.717) is 33.7 Å². The number of carbonyl (C=O) groups is 1. The standard InChI is InChI=1S/C25H19ClN6O3/c1-35-21-13-28-24(30-23(21)29-15-9-11-27-12-10-15)22-17-5-2-3-8-20(17)32(31-22)14-18-16(25(33)34)6-4-7-19(18)26/h2-13H,14H2,1H3,(H,33,34)(H,27,28,29,30). The number of anilines is 2. The van der Waals surface area contributed by atoms with Crippen molar-refractivity contribution in [1.82, 2.24) is 24.7 Å².